The van der Waals surface area contributed by atoms with Gasteiger partial charge in [0.2, 0.25) is 0 Å². The van der Waals surface area contributed by atoms with Crippen LogP contribution in [0.3, 0.4) is 0 Å². The van der Waals surface area contributed by atoms with Gasteiger partial charge < -0.3 is 19.5 Å². The summed E-state index contributed by atoms with van der Waals surface area (Å²) >= 11 is 0. The highest BCUT2D eigenvalue weighted by Crippen LogP contribution is 2.19. The Bertz CT molecular complexity index is 608. The molecule has 1 atom stereocenters. The van der Waals surface area contributed by atoms with Crippen molar-refractivity contribution in [1.29, 1.82) is 0 Å². The van der Waals surface area contributed by atoms with Crippen LogP contribution in [0.15, 0.2) is 48.5 Å². The zero-order chi connectivity index (χ0) is 18.1. The number of hydrogen-bond donors (Lipinski definition) is 1. The van der Waals surface area contributed by atoms with E-state index in [0.29, 0.717) is 5.92 Å². The molecule has 0 saturated carbocycles. The predicted molar refractivity (Wildman–Crippen MR) is 103 cm³/mol. The largest absolute Gasteiger partial charge is 0.497 e. The van der Waals surface area contributed by atoms with Crippen LogP contribution in [0.25, 0.3) is 0 Å². The second-order valence-electron chi connectivity index (χ2n) is 6.54. The molecular weight excluding hydrogens is 314 g/mol. The molecule has 0 spiro atoms. The van der Waals surface area contributed by atoms with E-state index in [0.717, 1.165) is 42.5 Å². The highest BCUT2D eigenvalue weighted by molar-refractivity contribution is 5.46. The average Bonchev–Trinajstić information content (AvgIpc) is 2.61. The quantitative estimate of drug-likeness (QED) is 0.659. The van der Waals surface area contributed by atoms with Crippen LogP contribution in [0.4, 0.5) is 5.69 Å². The maximum Gasteiger partial charge on any atom is 0.120 e. The Morgan fingerprint density at radius 2 is 1.44 bits per heavy atom. The normalized spacial score (nSPS) is 11.9. The topological polar surface area (TPSA) is 39.7 Å². The van der Waals surface area contributed by atoms with Crippen LogP contribution in [-0.4, -0.2) is 26.4 Å². The molecule has 1 N–H and O–H groups in total. The van der Waals surface area contributed by atoms with E-state index >= 15 is 0 Å². The fourth-order valence-electron chi connectivity index (χ4n) is 2.27. The summed E-state index contributed by atoms with van der Waals surface area (Å²) in [6.07, 6.45) is 1.12. The summed E-state index contributed by atoms with van der Waals surface area (Å²) in [5, 5.41) is 3.38. The molecule has 0 heterocycles. The third-order valence-corrected chi connectivity index (χ3v) is 3.81. The molecule has 2 rings (SSSR count). The molecular formula is C21H29NO3. The van der Waals surface area contributed by atoms with Gasteiger partial charge in [-0.2, -0.15) is 0 Å². The molecule has 136 valence electrons. The van der Waals surface area contributed by atoms with Gasteiger partial charge in [-0.25, -0.2) is 0 Å². The van der Waals surface area contributed by atoms with Crippen molar-refractivity contribution in [2.45, 2.75) is 33.3 Å². The van der Waals surface area contributed by atoms with E-state index in [-0.39, 0.29) is 6.10 Å². The van der Waals surface area contributed by atoms with Gasteiger partial charge in [-0.1, -0.05) is 13.8 Å². The lowest BCUT2D eigenvalue weighted by molar-refractivity contribution is 0.234. The molecule has 0 unspecified atom stereocenters. The van der Waals surface area contributed by atoms with Crippen LogP contribution in [-0.2, 0) is 0 Å². The molecule has 2 aromatic carbocycles. The number of anilines is 1. The van der Waals surface area contributed by atoms with Crippen molar-refractivity contribution in [1.82, 2.24) is 0 Å². The van der Waals surface area contributed by atoms with Crippen LogP contribution < -0.4 is 19.5 Å². The summed E-state index contributed by atoms with van der Waals surface area (Å²) in [6, 6.07) is 15.7. The summed E-state index contributed by atoms with van der Waals surface area (Å²) in [4.78, 5) is 0. The van der Waals surface area contributed by atoms with Crippen LogP contribution in [0.5, 0.6) is 17.2 Å². The molecule has 0 aromatic heterocycles. The lowest BCUT2D eigenvalue weighted by atomic mass is 10.1. The van der Waals surface area contributed by atoms with Gasteiger partial charge in [-0.05, 0) is 67.8 Å². The summed E-state index contributed by atoms with van der Waals surface area (Å²) in [5.41, 5.74) is 1.06. The smallest absolute Gasteiger partial charge is 0.120 e. The first-order valence-electron chi connectivity index (χ1n) is 8.84. The monoisotopic (exact) mass is 343 g/mol. The van der Waals surface area contributed by atoms with Crippen LogP contribution in [0, 0.1) is 5.92 Å². The third kappa shape index (κ3) is 6.96. The van der Waals surface area contributed by atoms with Gasteiger partial charge >= 0.3 is 0 Å². The number of benzene rings is 2. The summed E-state index contributed by atoms with van der Waals surface area (Å²) in [6.45, 7) is 7.93. The number of rotatable bonds is 10. The van der Waals surface area contributed by atoms with Crippen LogP contribution in [0.1, 0.15) is 27.2 Å². The Morgan fingerprint density at radius 1 is 0.840 bits per heavy atom. The number of methoxy groups -OCH3 is 1. The van der Waals surface area contributed by atoms with E-state index in [1.54, 1.807) is 7.11 Å². The zero-order valence-corrected chi connectivity index (χ0v) is 15.6. The van der Waals surface area contributed by atoms with E-state index in [2.05, 4.69) is 19.2 Å². The van der Waals surface area contributed by atoms with Gasteiger partial charge in [0.25, 0.3) is 0 Å². The fourth-order valence-corrected chi connectivity index (χ4v) is 2.27. The maximum atomic E-state index is 5.89. The van der Waals surface area contributed by atoms with Crippen molar-refractivity contribution in [3.63, 3.8) is 0 Å². The molecule has 4 heteroatoms. The Hall–Kier alpha value is -2.36. The SMILES string of the molecule is COc1ccc(O[C@H](C)CNc2ccc(OCCC(C)C)cc2)cc1. The van der Waals surface area contributed by atoms with Gasteiger partial charge in [0.15, 0.2) is 0 Å². The number of nitrogens with one attached hydrogen (secondary N) is 1. The van der Waals surface area contributed by atoms with Crippen molar-refractivity contribution in [2.24, 2.45) is 5.92 Å². The van der Waals surface area contributed by atoms with Crippen molar-refractivity contribution in [3.8, 4) is 17.2 Å². The molecule has 0 aliphatic rings. The van der Waals surface area contributed by atoms with Gasteiger partial charge in [0, 0.05) is 5.69 Å². The maximum absolute atomic E-state index is 5.89. The summed E-state index contributed by atoms with van der Waals surface area (Å²) in [7, 11) is 1.66. The zero-order valence-electron chi connectivity index (χ0n) is 15.6. The summed E-state index contributed by atoms with van der Waals surface area (Å²) in [5.74, 6) is 3.24. The minimum absolute atomic E-state index is 0.0513. The lowest BCUT2D eigenvalue weighted by Gasteiger charge is -2.16. The highest BCUT2D eigenvalue weighted by Gasteiger charge is 2.05. The number of ether oxygens (including phenoxy) is 3. The second kappa shape index (κ2) is 9.82. The van der Waals surface area contributed by atoms with Crippen LogP contribution >= 0.6 is 0 Å². The predicted octanol–water partition coefficient (Wildman–Crippen LogP) is 5.00. The second-order valence-corrected chi connectivity index (χ2v) is 6.54. The minimum Gasteiger partial charge on any atom is -0.497 e. The van der Waals surface area contributed by atoms with E-state index in [9.17, 15) is 0 Å². The Kier molecular flexibility index (Phi) is 7.45. The van der Waals surface area contributed by atoms with E-state index < -0.39 is 0 Å². The molecule has 2 aromatic rings. The molecule has 0 fully saturated rings. The molecule has 4 nitrogen and oxygen atoms in total. The van der Waals surface area contributed by atoms with E-state index in [1.807, 2.05) is 55.5 Å². The Labute approximate surface area is 151 Å². The summed E-state index contributed by atoms with van der Waals surface area (Å²) < 4.78 is 16.8. The first-order valence-corrected chi connectivity index (χ1v) is 8.84. The molecule has 0 radical (unpaired) electrons. The fraction of sp³-hybridized carbons (Fsp3) is 0.429. The minimum atomic E-state index is 0.0513. The average molecular weight is 343 g/mol. The van der Waals surface area contributed by atoms with Gasteiger partial charge in [0.05, 0.1) is 20.3 Å². The van der Waals surface area contributed by atoms with Crippen molar-refractivity contribution >= 4 is 5.69 Å². The highest BCUT2D eigenvalue weighted by atomic mass is 16.5. The van der Waals surface area contributed by atoms with Crippen molar-refractivity contribution in [3.05, 3.63) is 48.5 Å². The first kappa shape index (κ1) is 19.0. The standard InChI is InChI=1S/C21H29NO3/c1-16(2)13-14-24-20-7-5-18(6-8-20)22-15-17(3)25-21-11-9-19(23-4)10-12-21/h5-12,16-17,22H,13-15H2,1-4H3/t17-/m1/s1. The molecule has 25 heavy (non-hydrogen) atoms. The molecule has 0 amide bonds. The van der Waals surface area contributed by atoms with E-state index in [4.69, 9.17) is 14.2 Å². The Morgan fingerprint density at radius 3 is 2.04 bits per heavy atom. The third-order valence-electron chi connectivity index (χ3n) is 3.81. The Balaban J connectivity index is 1.74. The van der Waals surface area contributed by atoms with Gasteiger partial charge in [0.1, 0.15) is 23.4 Å². The van der Waals surface area contributed by atoms with Gasteiger partial charge in [-0.3, -0.25) is 0 Å². The molecule has 0 saturated heterocycles. The molecule has 0 aliphatic carbocycles. The van der Waals surface area contributed by atoms with E-state index in [1.165, 1.54) is 0 Å². The first-order chi connectivity index (χ1) is 12.1. The van der Waals surface area contributed by atoms with Crippen LogP contribution in [0.2, 0.25) is 0 Å². The lowest BCUT2D eigenvalue weighted by Crippen LogP contribution is -2.22. The number of hydrogen-bond acceptors (Lipinski definition) is 4. The molecule has 0 bridgehead atoms. The van der Waals surface area contributed by atoms with Gasteiger partial charge in [-0.15, -0.1) is 0 Å². The van der Waals surface area contributed by atoms with Crippen molar-refractivity contribution < 1.29 is 14.2 Å². The molecule has 0 aliphatic heterocycles. The van der Waals surface area contributed by atoms with Crippen molar-refractivity contribution in [2.75, 3.05) is 25.6 Å².